The van der Waals surface area contributed by atoms with Gasteiger partial charge in [0.1, 0.15) is 16.8 Å². The first kappa shape index (κ1) is 11.0. The van der Waals surface area contributed by atoms with Gasteiger partial charge < -0.3 is 10.1 Å². The summed E-state index contributed by atoms with van der Waals surface area (Å²) in [5.74, 6) is -0.522. The number of aromatic nitrogens is 2. The third-order valence-electron chi connectivity index (χ3n) is 2.59. The topological polar surface area (TPSA) is 66.0 Å². The molecule has 4 nitrogen and oxygen atoms in total. The summed E-state index contributed by atoms with van der Waals surface area (Å²) in [6.07, 6.45) is 0. The Morgan fingerprint density at radius 3 is 2.75 bits per heavy atom. The number of hydrogen-bond donors (Lipinski definition) is 2. The summed E-state index contributed by atoms with van der Waals surface area (Å²) < 4.78 is 0. The fraction of sp³-hybridized carbons (Fsp3) is 0.273. The molecule has 2 N–H and O–H groups in total. The summed E-state index contributed by atoms with van der Waals surface area (Å²) in [6.45, 7) is 3.20. The Hall–Kier alpha value is -1.55. The first-order valence-electron chi connectivity index (χ1n) is 4.81. The first-order chi connectivity index (χ1) is 7.43. The molecule has 0 fully saturated rings. The van der Waals surface area contributed by atoms with Gasteiger partial charge in [-0.05, 0) is 26.0 Å². The summed E-state index contributed by atoms with van der Waals surface area (Å²) >= 11 is 5.97. The van der Waals surface area contributed by atoms with Gasteiger partial charge in [0.15, 0.2) is 0 Å². The zero-order valence-corrected chi connectivity index (χ0v) is 9.67. The van der Waals surface area contributed by atoms with Crippen molar-refractivity contribution in [3.63, 3.8) is 0 Å². The van der Waals surface area contributed by atoms with Crippen LogP contribution in [0.3, 0.4) is 0 Å². The quantitative estimate of drug-likeness (QED) is 0.845. The van der Waals surface area contributed by atoms with Gasteiger partial charge in [-0.25, -0.2) is 4.98 Å². The maximum absolute atomic E-state index is 11.1. The lowest BCUT2D eigenvalue weighted by atomic mass is 9.93. The van der Waals surface area contributed by atoms with Gasteiger partial charge in [-0.1, -0.05) is 17.7 Å². The lowest BCUT2D eigenvalue weighted by molar-refractivity contribution is -0.142. The second-order valence-corrected chi connectivity index (χ2v) is 4.56. The zero-order chi connectivity index (χ0) is 11.9. The summed E-state index contributed by atoms with van der Waals surface area (Å²) in [5, 5.41) is 9.61. The molecule has 0 aliphatic heterocycles. The average molecular weight is 239 g/mol. The molecule has 2 rings (SSSR count). The lowest BCUT2D eigenvalue weighted by Gasteiger charge is -2.15. The molecule has 5 heteroatoms. The van der Waals surface area contributed by atoms with Crippen LogP contribution < -0.4 is 0 Å². The third kappa shape index (κ3) is 1.55. The standard InChI is InChI=1S/C11H11ClN2O2/c1-11(2,10(15)16)9-13-7-5-3-4-6(12)8(7)14-9/h3-5H,1-2H3,(H,13,14)(H,15,16). The van der Waals surface area contributed by atoms with E-state index in [9.17, 15) is 4.79 Å². The molecule has 0 aliphatic carbocycles. The predicted molar refractivity (Wildman–Crippen MR) is 61.8 cm³/mol. The highest BCUT2D eigenvalue weighted by atomic mass is 35.5. The molecule has 1 aromatic heterocycles. The van der Waals surface area contributed by atoms with E-state index in [4.69, 9.17) is 16.7 Å². The van der Waals surface area contributed by atoms with Crippen LogP contribution in [0.25, 0.3) is 11.0 Å². The number of para-hydroxylation sites is 1. The number of carboxylic acid groups (broad SMARTS) is 1. The number of hydrogen-bond acceptors (Lipinski definition) is 2. The number of imidazole rings is 1. The summed E-state index contributed by atoms with van der Waals surface area (Å²) in [4.78, 5) is 18.3. The number of benzene rings is 1. The van der Waals surface area contributed by atoms with E-state index in [2.05, 4.69) is 9.97 Å². The van der Waals surface area contributed by atoms with E-state index in [1.807, 2.05) is 6.07 Å². The highest BCUT2D eigenvalue weighted by Crippen LogP contribution is 2.27. The number of nitrogens with one attached hydrogen (secondary N) is 1. The molecule has 0 amide bonds. The Labute approximate surface area is 97.3 Å². The number of carboxylic acids is 1. The Kier molecular flexibility index (Phi) is 2.39. The van der Waals surface area contributed by atoms with Gasteiger partial charge in [0.2, 0.25) is 0 Å². The Morgan fingerprint density at radius 1 is 1.50 bits per heavy atom. The van der Waals surface area contributed by atoms with Crippen molar-refractivity contribution < 1.29 is 9.90 Å². The van der Waals surface area contributed by atoms with Crippen molar-refractivity contribution in [2.75, 3.05) is 0 Å². The lowest BCUT2D eigenvalue weighted by Crippen LogP contribution is -2.29. The average Bonchev–Trinajstić information content (AvgIpc) is 2.63. The monoisotopic (exact) mass is 238 g/mol. The highest BCUT2D eigenvalue weighted by molar-refractivity contribution is 6.34. The molecule has 1 aromatic carbocycles. The number of aliphatic carboxylic acids is 1. The van der Waals surface area contributed by atoms with E-state index in [1.54, 1.807) is 26.0 Å². The Morgan fingerprint density at radius 2 is 2.19 bits per heavy atom. The predicted octanol–water partition coefficient (Wildman–Crippen LogP) is 2.58. The van der Waals surface area contributed by atoms with Crippen LogP contribution in [-0.4, -0.2) is 21.0 Å². The molecule has 0 bridgehead atoms. The minimum absolute atomic E-state index is 0.406. The van der Waals surface area contributed by atoms with Gasteiger partial charge in [0.05, 0.1) is 10.5 Å². The molecule has 0 saturated carbocycles. The van der Waals surface area contributed by atoms with Gasteiger partial charge in [-0.15, -0.1) is 0 Å². The molecular formula is C11H11ClN2O2. The van der Waals surface area contributed by atoms with Gasteiger partial charge in [0.25, 0.3) is 0 Å². The number of H-pyrrole nitrogens is 1. The van der Waals surface area contributed by atoms with Crippen LogP contribution in [0.4, 0.5) is 0 Å². The van der Waals surface area contributed by atoms with Gasteiger partial charge >= 0.3 is 5.97 Å². The highest BCUT2D eigenvalue weighted by Gasteiger charge is 2.33. The zero-order valence-electron chi connectivity index (χ0n) is 8.91. The van der Waals surface area contributed by atoms with Crippen LogP contribution in [0.15, 0.2) is 18.2 Å². The molecule has 1 heterocycles. The van der Waals surface area contributed by atoms with E-state index < -0.39 is 11.4 Å². The summed E-state index contributed by atoms with van der Waals surface area (Å²) in [6, 6.07) is 5.33. The SMILES string of the molecule is CC(C)(C(=O)O)c1nc2c(Cl)cccc2[nH]1. The second kappa shape index (κ2) is 3.49. The molecule has 2 aromatic rings. The van der Waals surface area contributed by atoms with Crippen LogP contribution >= 0.6 is 11.6 Å². The smallest absolute Gasteiger partial charge is 0.316 e. The van der Waals surface area contributed by atoms with E-state index >= 15 is 0 Å². The molecule has 0 spiro atoms. The minimum Gasteiger partial charge on any atom is -0.481 e. The largest absolute Gasteiger partial charge is 0.481 e. The normalized spacial score (nSPS) is 11.9. The Bertz CT molecular complexity index is 560. The van der Waals surface area contributed by atoms with Gasteiger partial charge in [-0.3, -0.25) is 4.79 Å². The molecule has 0 atom stereocenters. The van der Waals surface area contributed by atoms with Crippen molar-refractivity contribution in [1.29, 1.82) is 0 Å². The fourth-order valence-corrected chi connectivity index (χ4v) is 1.61. The maximum atomic E-state index is 11.1. The number of halogens is 1. The van der Waals surface area contributed by atoms with Crippen LogP contribution in [0.1, 0.15) is 19.7 Å². The third-order valence-corrected chi connectivity index (χ3v) is 2.90. The van der Waals surface area contributed by atoms with E-state index in [0.717, 1.165) is 5.52 Å². The first-order valence-corrected chi connectivity index (χ1v) is 5.19. The number of rotatable bonds is 2. The molecule has 0 radical (unpaired) electrons. The van der Waals surface area contributed by atoms with Crippen LogP contribution in [0.2, 0.25) is 5.02 Å². The molecule has 0 unspecified atom stereocenters. The van der Waals surface area contributed by atoms with E-state index in [0.29, 0.717) is 16.4 Å². The summed E-state index contributed by atoms with van der Waals surface area (Å²) in [7, 11) is 0. The van der Waals surface area contributed by atoms with Gasteiger partial charge in [-0.2, -0.15) is 0 Å². The number of nitrogens with zero attached hydrogens (tertiary/aromatic N) is 1. The fourth-order valence-electron chi connectivity index (χ4n) is 1.39. The van der Waals surface area contributed by atoms with Crippen LogP contribution in [-0.2, 0) is 10.2 Å². The molecule has 0 saturated heterocycles. The number of aromatic amines is 1. The maximum Gasteiger partial charge on any atom is 0.316 e. The molecular weight excluding hydrogens is 228 g/mol. The van der Waals surface area contributed by atoms with E-state index in [-0.39, 0.29) is 0 Å². The van der Waals surface area contributed by atoms with Crippen molar-refractivity contribution in [1.82, 2.24) is 9.97 Å². The molecule has 0 aliphatic rings. The molecule has 84 valence electrons. The number of fused-ring (bicyclic) bond motifs is 1. The van der Waals surface area contributed by atoms with Crippen molar-refractivity contribution >= 4 is 28.6 Å². The van der Waals surface area contributed by atoms with Crippen molar-refractivity contribution in [2.24, 2.45) is 0 Å². The van der Waals surface area contributed by atoms with Crippen molar-refractivity contribution in [2.45, 2.75) is 19.3 Å². The van der Waals surface area contributed by atoms with Crippen LogP contribution in [0.5, 0.6) is 0 Å². The summed E-state index contributed by atoms with van der Waals surface area (Å²) in [5.41, 5.74) is 0.299. The van der Waals surface area contributed by atoms with Crippen molar-refractivity contribution in [3.8, 4) is 0 Å². The van der Waals surface area contributed by atoms with Crippen molar-refractivity contribution in [3.05, 3.63) is 29.0 Å². The van der Waals surface area contributed by atoms with Crippen LogP contribution in [0, 0.1) is 0 Å². The van der Waals surface area contributed by atoms with Gasteiger partial charge in [0, 0.05) is 0 Å². The number of carbonyl (C=O) groups is 1. The minimum atomic E-state index is -1.05. The second-order valence-electron chi connectivity index (χ2n) is 4.15. The Balaban J connectivity index is 2.64. The molecule has 16 heavy (non-hydrogen) atoms. The van der Waals surface area contributed by atoms with E-state index in [1.165, 1.54) is 0 Å².